The molecule has 7 heteroatoms. The Labute approximate surface area is 158 Å². The highest BCUT2D eigenvalue weighted by Crippen LogP contribution is 2.26. The van der Waals surface area contributed by atoms with Gasteiger partial charge < -0.3 is 0 Å². The summed E-state index contributed by atoms with van der Waals surface area (Å²) < 4.78 is 43.5. The molecular weight excluding hydrogens is 365 g/mol. The Bertz CT molecular complexity index is 1100. The maximum Gasteiger partial charge on any atom is 0.262 e. The van der Waals surface area contributed by atoms with Crippen LogP contribution in [-0.2, 0) is 16.6 Å². The quantitative estimate of drug-likeness (QED) is 0.717. The lowest BCUT2D eigenvalue weighted by Crippen LogP contribution is -2.15. The lowest BCUT2D eigenvalue weighted by molar-refractivity contribution is 0.600. The Balaban J connectivity index is 1.94. The number of anilines is 1. The fourth-order valence-electron chi connectivity index (χ4n) is 2.99. The highest BCUT2D eigenvalue weighted by Gasteiger charge is 2.21. The second-order valence-corrected chi connectivity index (χ2v) is 8.36. The molecular formula is C20H22FN3O2S. The number of aromatic nitrogens is 2. The summed E-state index contributed by atoms with van der Waals surface area (Å²) in [6, 6.07) is 11.6. The van der Waals surface area contributed by atoms with Crippen molar-refractivity contribution in [2.45, 2.75) is 39.1 Å². The number of aryl methyl sites for hydroxylation is 3. The van der Waals surface area contributed by atoms with E-state index in [1.807, 2.05) is 13.0 Å². The van der Waals surface area contributed by atoms with Crippen molar-refractivity contribution in [3.05, 3.63) is 76.4 Å². The van der Waals surface area contributed by atoms with Crippen molar-refractivity contribution in [2.24, 2.45) is 0 Å². The van der Waals surface area contributed by atoms with Crippen LogP contribution in [0.4, 0.5) is 10.1 Å². The van der Waals surface area contributed by atoms with Gasteiger partial charge in [0, 0.05) is 0 Å². The Morgan fingerprint density at radius 3 is 2.52 bits per heavy atom. The van der Waals surface area contributed by atoms with E-state index in [0.717, 1.165) is 11.1 Å². The first kappa shape index (κ1) is 19.1. The van der Waals surface area contributed by atoms with E-state index in [0.29, 0.717) is 29.2 Å². The average molecular weight is 387 g/mol. The van der Waals surface area contributed by atoms with Crippen molar-refractivity contribution in [1.29, 1.82) is 0 Å². The Hall–Kier alpha value is -2.67. The van der Waals surface area contributed by atoms with Crippen molar-refractivity contribution >= 4 is 15.7 Å². The summed E-state index contributed by atoms with van der Waals surface area (Å²) in [5.41, 5.74) is 3.99. The molecule has 2 aromatic carbocycles. The summed E-state index contributed by atoms with van der Waals surface area (Å²) in [6.45, 7) is 7.51. The molecule has 3 aromatic rings. The molecule has 1 N–H and O–H groups in total. The van der Waals surface area contributed by atoms with Gasteiger partial charge in [0.2, 0.25) is 0 Å². The second-order valence-electron chi connectivity index (χ2n) is 6.71. The molecule has 0 aliphatic heterocycles. The largest absolute Gasteiger partial charge is 0.276 e. The molecule has 0 radical (unpaired) electrons. The normalized spacial score (nSPS) is 11.6. The average Bonchev–Trinajstić information content (AvgIpc) is 2.84. The van der Waals surface area contributed by atoms with Gasteiger partial charge in [0.1, 0.15) is 5.82 Å². The molecule has 0 saturated carbocycles. The summed E-state index contributed by atoms with van der Waals surface area (Å²) in [6.07, 6.45) is 0. The molecule has 0 atom stereocenters. The van der Waals surface area contributed by atoms with Crippen LogP contribution in [0.3, 0.4) is 0 Å². The molecule has 0 amide bonds. The van der Waals surface area contributed by atoms with Gasteiger partial charge in [-0.1, -0.05) is 24.3 Å². The van der Waals surface area contributed by atoms with Crippen molar-refractivity contribution < 1.29 is 12.8 Å². The minimum absolute atomic E-state index is 0.249. The van der Waals surface area contributed by atoms with Crippen LogP contribution in [-0.4, -0.2) is 18.2 Å². The van der Waals surface area contributed by atoms with Crippen molar-refractivity contribution in [3.8, 4) is 0 Å². The summed E-state index contributed by atoms with van der Waals surface area (Å²) >= 11 is 0. The zero-order valence-corrected chi connectivity index (χ0v) is 16.6. The second kappa shape index (κ2) is 7.15. The third-order valence-corrected chi connectivity index (χ3v) is 5.96. The van der Waals surface area contributed by atoms with Gasteiger partial charge in [0.15, 0.2) is 0 Å². The smallest absolute Gasteiger partial charge is 0.262 e. The summed E-state index contributed by atoms with van der Waals surface area (Å²) in [4.78, 5) is 0.249. The molecule has 0 aliphatic carbocycles. The molecule has 0 saturated heterocycles. The maximum absolute atomic E-state index is 13.4. The predicted octanol–water partition coefficient (Wildman–Crippen LogP) is 4.10. The van der Waals surface area contributed by atoms with E-state index >= 15 is 0 Å². The Morgan fingerprint density at radius 1 is 1.07 bits per heavy atom. The SMILES string of the molecule is Cc1ccc(C)c(S(=O)(=O)Nc2c(C)nn(Cc3cccc(F)c3)c2C)c1. The minimum atomic E-state index is -3.74. The van der Waals surface area contributed by atoms with Crippen molar-refractivity contribution in [1.82, 2.24) is 9.78 Å². The van der Waals surface area contributed by atoms with Crippen LogP contribution in [0.1, 0.15) is 28.1 Å². The van der Waals surface area contributed by atoms with E-state index < -0.39 is 10.0 Å². The highest BCUT2D eigenvalue weighted by molar-refractivity contribution is 7.92. The molecule has 0 bridgehead atoms. The number of nitrogens with one attached hydrogen (secondary N) is 1. The molecule has 0 unspecified atom stereocenters. The number of halogens is 1. The fraction of sp³-hybridized carbons (Fsp3) is 0.250. The number of hydrogen-bond acceptors (Lipinski definition) is 3. The molecule has 1 aromatic heterocycles. The van der Waals surface area contributed by atoms with Gasteiger partial charge in [0.25, 0.3) is 10.0 Å². The van der Waals surface area contributed by atoms with E-state index in [9.17, 15) is 12.8 Å². The topological polar surface area (TPSA) is 64.0 Å². The molecule has 3 rings (SSSR count). The van der Waals surface area contributed by atoms with Gasteiger partial charge >= 0.3 is 0 Å². The van der Waals surface area contributed by atoms with Crippen molar-refractivity contribution in [2.75, 3.05) is 4.72 Å². The van der Waals surface area contributed by atoms with E-state index in [1.165, 1.54) is 12.1 Å². The van der Waals surface area contributed by atoms with Crippen LogP contribution >= 0.6 is 0 Å². The molecule has 5 nitrogen and oxygen atoms in total. The maximum atomic E-state index is 13.4. The summed E-state index contributed by atoms with van der Waals surface area (Å²) in [5.74, 6) is -0.315. The third kappa shape index (κ3) is 4.03. The van der Waals surface area contributed by atoms with Crippen LogP contribution in [0.25, 0.3) is 0 Å². The zero-order valence-electron chi connectivity index (χ0n) is 15.7. The van der Waals surface area contributed by atoms with Crippen LogP contribution in [0, 0.1) is 33.5 Å². The summed E-state index contributed by atoms with van der Waals surface area (Å²) in [5, 5.41) is 4.42. The van der Waals surface area contributed by atoms with E-state index in [-0.39, 0.29) is 10.7 Å². The van der Waals surface area contributed by atoms with E-state index in [2.05, 4.69) is 9.82 Å². The number of rotatable bonds is 5. The zero-order chi connectivity index (χ0) is 19.8. The molecule has 27 heavy (non-hydrogen) atoms. The predicted molar refractivity (Wildman–Crippen MR) is 104 cm³/mol. The first-order valence-corrected chi connectivity index (χ1v) is 10.0. The molecule has 0 aliphatic rings. The van der Waals surface area contributed by atoms with Gasteiger partial charge in [-0.3, -0.25) is 9.40 Å². The number of benzene rings is 2. The van der Waals surface area contributed by atoms with Crippen LogP contribution in [0.2, 0.25) is 0 Å². The summed E-state index contributed by atoms with van der Waals surface area (Å²) in [7, 11) is -3.74. The van der Waals surface area contributed by atoms with Gasteiger partial charge in [-0.25, -0.2) is 12.8 Å². The molecule has 142 valence electrons. The Morgan fingerprint density at radius 2 is 1.81 bits per heavy atom. The molecule has 0 fully saturated rings. The van der Waals surface area contributed by atoms with E-state index in [1.54, 1.807) is 49.7 Å². The fourth-order valence-corrected chi connectivity index (χ4v) is 4.50. The molecule has 1 heterocycles. The highest BCUT2D eigenvalue weighted by atomic mass is 32.2. The van der Waals surface area contributed by atoms with Gasteiger partial charge in [-0.05, 0) is 62.6 Å². The van der Waals surface area contributed by atoms with Crippen LogP contribution in [0.15, 0.2) is 47.4 Å². The third-order valence-electron chi connectivity index (χ3n) is 4.47. The van der Waals surface area contributed by atoms with Gasteiger partial charge in [-0.2, -0.15) is 5.10 Å². The lowest BCUT2D eigenvalue weighted by atomic mass is 10.2. The monoisotopic (exact) mass is 387 g/mol. The Kier molecular flexibility index (Phi) is 5.06. The van der Waals surface area contributed by atoms with Crippen LogP contribution < -0.4 is 4.72 Å². The van der Waals surface area contributed by atoms with Crippen molar-refractivity contribution in [3.63, 3.8) is 0 Å². The van der Waals surface area contributed by atoms with Crippen LogP contribution in [0.5, 0.6) is 0 Å². The number of hydrogen-bond donors (Lipinski definition) is 1. The molecule has 0 spiro atoms. The van der Waals surface area contributed by atoms with Gasteiger partial charge in [0.05, 0.1) is 28.5 Å². The number of nitrogens with zero attached hydrogens (tertiary/aromatic N) is 2. The van der Waals surface area contributed by atoms with Gasteiger partial charge in [-0.15, -0.1) is 0 Å². The first-order chi connectivity index (χ1) is 12.7. The lowest BCUT2D eigenvalue weighted by Gasteiger charge is -2.12. The number of sulfonamides is 1. The van der Waals surface area contributed by atoms with E-state index in [4.69, 9.17) is 0 Å². The minimum Gasteiger partial charge on any atom is -0.276 e. The standard InChI is InChI=1S/C20H22FN3O2S/c1-13-8-9-14(2)19(10-13)27(25,26)23-20-15(3)22-24(16(20)4)12-17-6-5-7-18(21)11-17/h5-11,23H,12H2,1-4H3. The first-order valence-electron chi connectivity index (χ1n) is 8.56.